The summed E-state index contributed by atoms with van der Waals surface area (Å²) in [7, 11) is 0. The van der Waals surface area contributed by atoms with Gasteiger partial charge < -0.3 is 15.2 Å². The molecule has 144 valence electrons. The molecule has 0 fully saturated rings. The van der Waals surface area contributed by atoms with Crippen LogP contribution in [0.3, 0.4) is 0 Å². The minimum absolute atomic E-state index is 0.202. The smallest absolute Gasteiger partial charge is 0.326 e. The molecule has 0 saturated carbocycles. The molecule has 2 aromatic rings. The fraction of sp³-hybridized carbons (Fsp3) is 0.278. The molecule has 1 heterocycles. The maximum absolute atomic E-state index is 12.8. The first kappa shape index (κ1) is 20.2. The van der Waals surface area contributed by atoms with Crippen LogP contribution in [0, 0.1) is 6.92 Å². The van der Waals surface area contributed by atoms with Gasteiger partial charge in [-0.3, -0.25) is 14.4 Å². The van der Waals surface area contributed by atoms with Gasteiger partial charge in [0.2, 0.25) is 11.8 Å². The van der Waals surface area contributed by atoms with Gasteiger partial charge in [-0.05, 0) is 36.8 Å². The number of amides is 2. The maximum atomic E-state index is 12.8. The average Bonchev–Trinajstić information content (AvgIpc) is 2.58. The first-order chi connectivity index (χ1) is 12.6. The summed E-state index contributed by atoms with van der Waals surface area (Å²) < 4.78 is 39.1. The van der Waals surface area contributed by atoms with Crippen LogP contribution in [0.1, 0.15) is 24.5 Å². The van der Waals surface area contributed by atoms with E-state index in [0.29, 0.717) is 27.6 Å². The molecule has 1 aromatic carbocycles. The van der Waals surface area contributed by atoms with Gasteiger partial charge in [0.1, 0.15) is 12.1 Å². The Morgan fingerprint density at radius 1 is 1.11 bits per heavy atom. The van der Waals surface area contributed by atoms with E-state index in [1.165, 1.54) is 6.07 Å². The zero-order valence-electron chi connectivity index (χ0n) is 14.7. The lowest BCUT2D eigenvalue weighted by Gasteiger charge is -2.13. The first-order valence-electron chi connectivity index (χ1n) is 8.08. The van der Waals surface area contributed by atoms with Crippen LogP contribution in [-0.2, 0) is 22.3 Å². The molecule has 0 atom stereocenters. The van der Waals surface area contributed by atoms with E-state index in [1.807, 2.05) is 0 Å². The second-order valence-corrected chi connectivity index (χ2v) is 5.83. The number of nitrogens with one attached hydrogen (secondary N) is 2. The predicted molar refractivity (Wildman–Crippen MR) is 94.4 cm³/mol. The highest BCUT2D eigenvalue weighted by atomic mass is 19.4. The fourth-order valence-electron chi connectivity index (χ4n) is 2.31. The van der Waals surface area contributed by atoms with Gasteiger partial charge in [-0.1, -0.05) is 13.0 Å². The Bertz CT molecular complexity index is 920. The Balaban J connectivity index is 2.18. The summed E-state index contributed by atoms with van der Waals surface area (Å²) in [5.41, 5.74) is -1.08. The number of halogens is 3. The molecular formula is C18H18F3N3O3. The molecule has 0 unspecified atom stereocenters. The van der Waals surface area contributed by atoms with Crippen LogP contribution in [0.2, 0.25) is 0 Å². The third-order valence-electron chi connectivity index (χ3n) is 3.76. The van der Waals surface area contributed by atoms with Crippen molar-refractivity contribution in [1.29, 1.82) is 0 Å². The third kappa shape index (κ3) is 5.19. The minimum atomic E-state index is -4.79. The summed E-state index contributed by atoms with van der Waals surface area (Å²) in [6, 6.07) is 6.60. The van der Waals surface area contributed by atoms with E-state index in [-0.39, 0.29) is 12.3 Å². The number of alkyl halides is 3. The number of anilines is 2. The van der Waals surface area contributed by atoms with Crippen LogP contribution < -0.4 is 16.2 Å². The molecule has 0 aliphatic carbocycles. The van der Waals surface area contributed by atoms with Crippen molar-refractivity contribution in [1.82, 2.24) is 4.57 Å². The number of carbonyl (C=O) groups is 2. The quantitative estimate of drug-likeness (QED) is 0.835. The Morgan fingerprint density at radius 2 is 1.81 bits per heavy atom. The summed E-state index contributed by atoms with van der Waals surface area (Å²) in [6.07, 6.45) is -3.39. The van der Waals surface area contributed by atoms with Crippen LogP contribution in [0.4, 0.5) is 24.5 Å². The molecule has 2 N–H and O–H groups in total. The van der Waals surface area contributed by atoms with Crippen molar-refractivity contribution in [3.05, 3.63) is 58.0 Å². The van der Waals surface area contributed by atoms with E-state index in [0.717, 1.165) is 12.3 Å². The van der Waals surface area contributed by atoms with Crippen LogP contribution in [0.25, 0.3) is 0 Å². The number of rotatable bonds is 5. The molecule has 0 aliphatic rings. The fourth-order valence-corrected chi connectivity index (χ4v) is 2.31. The summed E-state index contributed by atoms with van der Waals surface area (Å²) >= 11 is 0. The van der Waals surface area contributed by atoms with Gasteiger partial charge in [0.15, 0.2) is 0 Å². The number of hydrogen-bond acceptors (Lipinski definition) is 3. The topological polar surface area (TPSA) is 80.2 Å². The highest BCUT2D eigenvalue weighted by molar-refractivity contribution is 5.94. The molecule has 0 radical (unpaired) electrons. The second kappa shape index (κ2) is 8.07. The molecule has 0 spiro atoms. The Morgan fingerprint density at radius 3 is 2.44 bits per heavy atom. The number of pyridine rings is 1. The summed E-state index contributed by atoms with van der Waals surface area (Å²) in [5, 5.41) is 5.19. The van der Waals surface area contributed by atoms with Gasteiger partial charge in [-0.2, -0.15) is 13.2 Å². The van der Waals surface area contributed by atoms with Gasteiger partial charge in [0, 0.05) is 24.0 Å². The second-order valence-electron chi connectivity index (χ2n) is 5.83. The lowest BCUT2D eigenvalue weighted by atomic mass is 10.1. The van der Waals surface area contributed by atoms with Gasteiger partial charge in [0.05, 0.1) is 0 Å². The van der Waals surface area contributed by atoms with E-state index >= 15 is 0 Å². The van der Waals surface area contributed by atoms with Crippen LogP contribution >= 0.6 is 0 Å². The molecule has 1 aromatic heterocycles. The van der Waals surface area contributed by atoms with Crippen molar-refractivity contribution in [2.75, 3.05) is 10.6 Å². The number of aryl methyl sites for hydroxylation is 1. The molecule has 27 heavy (non-hydrogen) atoms. The number of hydrogen-bond donors (Lipinski definition) is 2. The third-order valence-corrected chi connectivity index (χ3v) is 3.76. The molecule has 0 bridgehead atoms. The molecule has 2 rings (SSSR count). The van der Waals surface area contributed by atoms with E-state index in [9.17, 15) is 27.6 Å². The van der Waals surface area contributed by atoms with Crippen molar-refractivity contribution in [2.45, 2.75) is 33.0 Å². The Kier molecular flexibility index (Phi) is 6.04. The summed E-state index contributed by atoms with van der Waals surface area (Å²) in [4.78, 5) is 35.6. The van der Waals surface area contributed by atoms with E-state index < -0.39 is 29.8 Å². The van der Waals surface area contributed by atoms with Crippen molar-refractivity contribution in [2.24, 2.45) is 0 Å². The van der Waals surface area contributed by atoms with Gasteiger partial charge in [-0.15, -0.1) is 0 Å². The van der Waals surface area contributed by atoms with Crippen LogP contribution in [-0.4, -0.2) is 16.4 Å². The number of aromatic nitrogens is 1. The highest BCUT2D eigenvalue weighted by Crippen LogP contribution is 2.26. The predicted octanol–water partition coefficient (Wildman–Crippen LogP) is 3.16. The van der Waals surface area contributed by atoms with Crippen LogP contribution in [0.15, 0.2) is 41.3 Å². The van der Waals surface area contributed by atoms with Gasteiger partial charge >= 0.3 is 6.18 Å². The normalized spacial score (nSPS) is 11.1. The summed E-state index contributed by atoms with van der Waals surface area (Å²) in [6.45, 7) is 2.84. The van der Waals surface area contributed by atoms with Gasteiger partial charge in [0.25, 0.3) is 5.56 Å². The molecule has 9 heteroatoms. The molecule has 0 aliphatic heterocycles. The van der Waals surface area contributed by atoms with E-state index in [2.05, 4.69) is 10.6 Å². The number of benzene rings is 1. The Labute approximate surface area is 153 Å². The van der Waals surface area contributed by atoms with E-state index in [1.54, 1.807) is 26.0 Å². The standard InChI is InChI=1S/C18H18F3N3O3/c1-3-15(25)22-12-7-6-11(2)14(9-12)23-16(26)10-24-8-4-5-13(17(24)27)18(19,20)21/h4-9H,3,10H2,1-2H3,(H,22,25)(H,23,26). The molecular weight excluding hydrogens is 363 g/mol. The first-order valence-corrected chi connectivity index (χ1v) is 8.08. The zero-order valence-corrected chi connectivity index (χ0v) is 14.7. The molecule has 6 nitrogen and oxygen atoms in total. The lowest BCUT2D eigenvalue weighted by molar-refractivity contribution is -0.139. The SMILES string of the molecule is CCC(=O)Nc1ccc(C)c(NC(=O)Cn2cccc(C(F)(F)F)c2=O)c1. The van der Waals surface area contributed by atoms with Gasteiger partial charge in [-0.25, -0.2) is 0 Å². The average molecular weight is 381 g/mol. The van der Waals surface area contributed by atoms with Crippen molar-refractivity contribution >= 4 is 23.2 Å². The highest BCUT2D eigenvalue weighted by Gasteiger charge is 2.34. The van der Waals surface area contributed by atoms with Crippen LogP contribution in [0.5, 0.6) is 0 Å². The number of nitrogens with zero attached hydrogens (tertiary/aromatic N) is 1. The lowest BCUT2D eigenvalue weighted by Crippen LogP contribution is -2.32. The summed E-state index contributed by atoms with van der Waals surface area (Å²) in [5.74, 6) is -0.870. The zero-order chi connectivity index (χ0) is 20.2. The van der Waals surface area contributed by atoms with Crippen molar-refractivity contribution < 1.29 is 22.8 Å². The van der Waals surface area contributed by atoms with Crippen molar-refractivity contribution in [3.63, 3.8) is 0 Å². The van der Waals surface area contributed by atoms with E-state index in [4.69, 9.17) is 0 Å². The van der Waals surface area contributed by atoms with Crippen molar-refractivity contribution in [3.8, 4) is 0 Å². The number of carbonyl (C=O) groups excluding carboxylic acids is 2. The monoisotopic (exact) mass is 381 g/mol. The minimum Gasteiger partial charge on any atom is -0.326 e. The molecule has 0 saturated heterocycles. The Hall–Kier alpha value is -3.10. The molecule has 2 amide bonds. The maximum Gasteiger partial charge on any atom is 0.421 e. The largest absolute Gasteiger partial charge is 0.421 e.